The van der Waals surface area contributed by atoms with E-state index >= 15 is 0 Å². The van der Waals surface area contributed by atoms with Crippen molar-refractivity contribution in [2.24, 2.45) is 0 Å². The van der Waals surface area contributed by atoms with Crippen LogP contribution in [0.1, 0.15) is 23.6 Å². The van der Waals surface area contributed by atoms with Crippen LogP contribution in [0, 0.1) is 0 Å². The minimum Gasteiger partial charge on any atom is -0.490 e. The molecule has 3 rings (SSSR count). The molecule has 29 heavy (non-hydrogen) atoms. The molecule has 0 aliphatic heterocycles. The molecule has 0 amide bonds. The number of hydrogen-bond acceptors (Lipinski definition) is 3. The van der Waals surface area contributed by atoms with Crippen molar-refractivity contribution in [2.45, 2.75) is 26.5 Å². The van der Waals surface area contributed by atoms with Crippen molar-refractivity contribution in [3.05, 3.63) is 93.5 Å². The molecular weight excluding hydrogens is 405 g/mol. The minimum absolute atomic E-state index is 0.444. The fourth-order valence-electron chi connectivity index (χ4n) is 2.97. The van der Waals surface area contributed by atoms with E-state index in [-0.39, 0.29) is 0 Å². The lowest BCUT2D eigenvalue weighted by Crippen LogP contribution is -2.16. The molecule has 0 unspecified atom stereocenters. The average molecular weight is 430 g/mol. The molecule has 3 aromatic rings. The molecule has 152 valence electrons. The van der Waals surface area contributed by atoms with Crippen LogP contribution >= 0.6 is 23.2 Å². The van der Waals surface area contributed by atoms with Gasteiger partial charge < -0.3 is 14.8 Å². The van der Waals surface area contributed by atoms with Gasteiger partial charge in [-0.25, -0.2) is 0 Å². The van der Waals surface area contributed by atoms with Gasteiger partial charge in [0.1, 0.15) is 6.61 Å². The van der Waals surface area contributed by atoms with Gasteiger partial charge in [0, 0.05) is 11.6 Å². The van der Waals surface area contributed by atoms with E-state index in [0.29, 0.717) is 36.3 Å². The van der Waals surface area contributed by atoms with Gasteiger partial charge in [-0.15, -0.1) is 0 Å². The van der Waals surface area contributed by atoms with Crippen LogP contribution in [0.15, 0.2) is 66.7 Å². The summed E-state index contributed by atoms with van der Waals surface area (Å²) in [5.74, 6) is 1.26. The van der Waals surface area contributed by atoms with Gasteiger partial charge >= 0.3 is 0 Å². The Morgan fingerprint density at radius 3 is 2.31 bits per heavy atom. The Bertz CT molecular complexity index is 899. The van der Waals surface area contributed by atoms with Gasteiger partial charge in [-0.1, -0.05) is 65.7 Å². The van der Waals surface area contributed by atoms with Crippen LogP contribution in [-0.2, 0) is 19.6 Å². The van der Waals surface area contributed by atoms with E-state index in [4.69, 9.17) is 32.7 Å². The molecule has 0 bridgehead atoms. The molecule has 1 N–H and O–H groups in total. The molecule has 0 atom stereocenters. The van der Waals surface area contributed by atoms with Gasteiger partial charge in [0.15, 0.2) is 11.5 Å². The maximum absolute atomic E-state index is 6.51. The summed E-state index contributed by atoms with van der Waals surface area (Å²) in [5, 5.41) is 4.77. The second-order valence-electron chi connectivity index (χ2n) is 6.67. The van der Waals surface area contributed by atoms with Crippen LogP contribution in [0.3, 0.4) is 0 Å². The first kappa shape index (κ1) is 21.5. The molecule has 0 radical (unpaired) electrons. The summed E-state index contributed by atoms with van der Waals surface area (Å²) in [6.45, 7) is 4.50. The summed E-state index contributed by atoms with van der Waals surface area (Å²) in [6.07, 6.45) is 0.932. The third-order valence-corrected chi connectivity index (χ3v) is 4.96. The lowest BCUT2D eigenvalue weighted by atomic mass is 10.1. The number of hydrogen-bond donors (Lipinski definition) is 1. The molecule has 0 spiro atoms. The molecule has 0 aromatic heterocycles. The van der Waals surface area contributed by atoms with Crippen molar-refractivity contribution >= 4 is 23.2 Å². The van der Waals surface area contributed by atoms with Gasteiger partial charge in [-0.2, -0.15) is 0 Å². The van der Waals surface area contributed by atoms with Gasteiger partial charge in [0.2, 0.25) is 0 Å². The lowest BCUT2D eigenvalue weighted by molar-refractivity contribution is 0.269. The molecule has 3 aromatic carbocycles. The van der Waals surface area contributed by atoms with Gasteiger partial charge in [-0.05, 0) is 60.8 Å². The monoisotopic (exact) mass is 429 g/mol. The molecule has 0 aliphatic carbocycles. The summed E-state index contributed by atoms with van der Waals surface area (Å²) in [5.41, 5.74) is 3.39. The largest absolute Gasteiger partial charge is 0.490 e. The zero-order valence-electron chi connectivity index (χ0n) is 16.5. The number of halogens is 2. The fraction of sp³-hybridized carbons (Fsp3) is 0.250. The third-order valence-electron chi connectivity index (χ3n) is 4.43. The predicted molar refractivity (Wildman–Crippen MR) is 120 cm³/mol. The summed E-state index contributed by atoms with van der Waals surface area (Å²) >= 11 is 12.4. The van der Waals surface area contributed by atoms with Crippen molar-refractivity contribution in [3.63, 3.8) is 0 Å². The Morgan fingerprint density at radius 2 is 1.59 bits per heavy atom. The van der Waals surface area contributed by atoms with E-state index in [1.165, 1.54) is 5.56 Å². The molecule has 0 fully saturated rings. The highest BCUT2D eigenvalue weighted by molar-refractivity contribution is 6.32. The Balaban J connectivity index is 1.59. The molecule has 5 heteroatoms. The number of benzene rings is 3. The van der Waals surface area contributed by atoms with E-state index in [0.717, 1.165) is 29.1 Å². The lowest BCUT2D eigenvalue weighted by Gasteiger charge is -2.16. The SMILES string of the molecule is CCOc1cc(CNCCc2ccc(Cl)cc2)cc(Cl)c1OCc1ccccc1. The van der Waals surface area contributed by atoms with Gasteiger partial charge in [-0.3, -0.25) is 0 Å². The normalized spacial score (nSPS) is 10.7. The summed E-state index contributed by atoms with van der Waals surface area (Å²) in [4.78, 5) is 0. The first-order valence-electron chi connectivity index (χ1n) is 9.73. The maximum atomic E-state index is 6.51. The standard InChI is InChI=1S/C24H25Cl2NO2/c1-2-28-23-15-20(16-27-13-12-18-8-10-21(25)11-9-18)14-22(26)24(23)29-17-19-6-4-3-5-7-19/h3-11,14-15,27H,2,12-13,16-17H2,1H3. The predicted octanol–water partition coefficient (Wildman–Crippen LogP) is 6.30. The molecule has 0 aliphatic rings. The van der Waals surface area contributed by atoms with Crippen LogP contribution in [0.5, 0.6) is 11.5 Å². The number of nitrogens with one attached hydrogen (secondary N) is 1. The number of ether oxygens (including phenoxy) is 2. The van der Waals surface area contributed by atoms with Crippen LogP contribution in [-0.4, -0.2) is 13.2 Å². The van der Waals surface area contributed by atoms with Gasteiger partial charge in [0.05, 0.1) is 11.6 Å². The Hall–Kier alpha value is -2.20. The second-order valence-corrected chi connectivity index (χ2v) is 7.51. The van der Waals surface area contributed by atoms with Crippen molar-refractivity contribution in [2.75, 3.05) is 13.2 Å². The topological polar surface area (TPSA) is 30.5 Å². The van der Waals surface area contributed by atoms with Gasteiger partial charge in [0.25, 0.3) is 0 Å². The molecule has 0 saturated heterocycles. The van der Waals surface area contributed by atoms with Crippen molar-refractivity contribution in [1.82, 2.24) is 5.32 Å². The van der Waals surface area contributed by atoms with E-state index in [2.05, 4.69) is 5.32 Å². The summed E-state index contributed by atoms with van der Waals surface area (Å²) in [7, 11) is 0. The molecule has 0 heterocycles. The van der Waals surface area contributed by atoms with Crippen LogP contribution in [0.2, 0.25) is 10.0 Å². The first-order chi connectivity index (χ1) is 14.2. The van der Waals surface area contributed by atoms with E-state index in [9.17, 15) is 0 Å². The van der Waals surface area contributed by atoms with Crippen LogP contribution in [0.25, 0.3) is 0 Å². The highest BCUT2D eigenvalue weighted by Gasteiger charge is 2.13. The highest BCUT2D eigenvalue weighted by atomic mass is 35.5. The smallest absolute Gasteiger partial charge is 0.180 e. The van der Waals surface area contributed by atoms with Crippen molar-refractivity contribution in [1.29, 1.82) is 0 Å². The summed E-state index contributed by atoms with van der Waals surface area (Å²) in [6, 6.07) is 21.9. The molecule has 3 nitrogen and oxygen atoms in total. The average Bonchev–Trinajstić information content (AvgIpc) is 2.73. The Morgan fingerprint density at radius 1 is 0.828 bits per heavy atom. The Kier molecular flexibility index (Phi) is 8.24. The first-order valence-corrected chi connectivity index (χ1v) is 10.5. The van der Waals surface area contributed by atoms with E-state index < -0.39 is 0 Å². The van der Waals surface area contributed by atoms with Crippen LogP contribution < -0.4 is 14.8 Å². The Labute approximate surface area is 182 Å². The van der Waals surface area contributed by atoms with Crippen molar-refractivity contribution in [3.8, 4) is 11.5 Å². The molecular formula is C24H25Cl2NO2. The van der Waals surface area contributed by atoms with E-state index in [1.54, 1.807) is 0 Å². The van der Waals surface area contributed by atoms with Crippen molar-refractivity contribution < 1.29 is 9.47 Å². The maximum Gasteiger partial charge on any atom is 0.180 e. The number of rotatable bonds is 10. The second kappa shape index (κ2) is 11.1. The van der Waals surface area contributed by atoms with Crippen LogP contribution in [0.4, 0.5) is 0 Å². The highest BCUT2D eigenvalue weighted by Crippen LogP contribution is 2.37. The third kappa shape index (κ3) is 6.67. The zero-order chi connectivity index (χ0) is 20.5. The minimum atomic E-state index is 0.444. The van der Waals surface area contributed by atoms with E-state index in [1.807, 2.05) is 73.7 Å². The molecule has 0 saturated carbocycles. The quantitative estimate of drug-likeness (QED) is 0.383. The fourth-order valence-corrected chi connectivity index (χ4v) is 3.39. The summed E-state index contributed by atoms with van der Waals surface area (Å²) < 4.78 is 11.8. The zero-order valence-corrected chi connectivity index (χ0v) is 18.0.